The first-order chi connectivity index (χ1) is 13.8. The fraction of sp³-hybridized carbons (Fsp3) is 0.333. The molecule has 0 bridgehead atoms. The van der Waals surface area contributed by atoms with Gasteiger partial charge in [0.05, 0.1) is 24.3 Å². The van der Waals surface area contributed by atoms with Gasteiger partial charge in [0.1, 0.15) is 23.1 Å². The van der Waals surface area contributed by atoms with Gasteiger partial charge in [-0.1, -0.05) is 6.07 Å². The van der Waals surface area contributed by atoms with Crippen LogP contribution in [0.25, 0.3) is 0 Å². The standard InChI is InChI=1S/C21H21N3O5/c1-11-5-6-17(28-4)16(7-11)24-10-14(8-18(24)26)20(27)23-21-15(9-22)19(12(2)25)13(3)29-21/h5-7,14H,8,10H2,1-4H3,(H,23,27). The van der Waals surface area contributed by atoms with Crippen LogP contribution in [0, 0.1) is 31.1 Å². The number of Topliss-reactive ketones (excluding diaryl/α,β-unsaturated/α-hetero) is 1. The molecule has 1 aliphatic rings. The Hall–Kier alpha value is -3.60. The van der Waals surface area contributed by atoms with E-state index in [1.54, 1.807) is 13.0 Å². The number of furan rings is 1. The number of rotatable bonds is 5. The van der Waals surface area contributed by atoms with Gasteiger partial charge >= 0.3 is 0 Å². The molecule has 3 rings (SSSR count). The van der Waals surface area contributed by atoms with Crippen LogP contribution in [0.4, 0.5) is 11.6 Å². The Kier molecular flexibility index (Phi) is 5.41. The Morgan fingerprint density at radius 1 is 1.34 bits per heavy atom. The number of methoxy groups -OCH3 is 1. The van der Waals surface area contributed by atoms with E-state index in [1.807, 2.05) is 25.1 Å². The summed E-state index contributed by atoms with van der Waals surface area (Å²) in [5, 5.41) is 11.9. The molecule has 29 heavy (non-hydrogen) atoms. The molecular formula is C21H21N3O5. The number of hydrogen-bond acceptors (Lipinski definition) is 6. The van der Waals surface area contributed by atoms with E-state index < -0.39 is 11.8 Å². The van der Waals surface area contributed by atoms with Crippen LogP contribution in [0.5, 0.6) is 5.75 Å². The zero-order valence-corrected chi connectivity index (χ0v) is 16.7. The molecule has 1 N–H and O–H groups in total. The molecule has 0 saturated carbocycles. The van der Waals surface area contributed by atoms with E-state index in [4.69, 9.17) is 9.15 Å². The predicted octanol–water partition coefficient (Wildman–Crippen LogP) is 2.97. The van der Waals surface area contributed by atoms with Crippen LogP contribution in [0.1, 0.15) is 40.6 Å². The summed E-state index contributed by atoms with van der Waals surface area (Å²) < 4.78 is 10.8. The monoisotopic (exact) mass is 395 g/mol. The number of nitrogens with zero attached hydrogens (tertiary/aromatic N) is 2. The minimum absolute atomic E-state index is 0.00937. The minimum atomic E-state index is -0.634. The van der Waals surface area contributed by atoms with E-state index in [0.29, 0.717) is 11.4 Å². The van der Waals surface area contributed by atoms with Crippen LogP contribution in [-0.2, 0) is 9.59 Å². The zero-order valence-electron chi connectivity index (χ0n) is 16.7. The van der Waals surface area contributed by atoms with Gasteiger partial charge in [0.2, 0.25) is 17.7 Å². The molecule has 0 radical (unpaired) electrons. The number of anilines is 2. The molecule has 1 aromatic carbocycles. The minimum Gasteiger partial charge on any atom is -0.495 e. The molecule has 150 valence electrons. The third kappa shape index (κ3) is 3.72. The van der Waals surface area contributed by atoms with Crippen molar-refractivity contribution < 1.29 is 23.5 Å². The van der Waals surface area contributed by atoms with Gasteiger partial charge in [-0.25, -0.2) is 0 Å². The summed E-state index contributed by atoms with van der Waals surface area (Å²) in [6.45, 7) is 4.96. The van der Waals surface area contributed by atoms with Crippen LogP contribution in [0.2, 0.25) is 0 Å². The first-order valence-corrected chi connectivity index (χ1v) is 9.07. The first-order valence-electron chi connectivity index (χ1n) is 9.07. The van der Waals surface area contributed by atoms with Gasteiger partial charge < -0.3 is 14.1 Å². The molecule has 8 nitrogen and oxygen atoms in total. The first kappa shape index (κ1) is 20.1. The van der Waals surface area contributed by atoms with Crippen LogP contribution < -0.4 is 15.0 Å². The fourth-order valence-electron chi connectivity index (χ4n) is 3.50. The maximum Gasteiger partial charge on any atom is 0.232 e. The van der Waals surface area contributed by atoms with Gasteiger partial charge in [0.25, 0.3) is 0 Å². The van der Waals surface area contributed by atoms with E-state index in [1.165, 1.54) is 18.9 Å². The molecule has 2 heterocycles. The maximum atomic E-state index is 12.7. The Labute approximate surface area is 168 Å². The summed E-state index contributed by atoms with van der Waals surface area (Å²) in [6.07, 6.45) is 0.0179. The summed E-state index contributed by atoms with van der Waals surface area (Å²) in [4.78, 5) is 38.6. The lowest BCUT2D eigenvalue weighted by atomic mass is 10.1. The van der Waals surface area contributed by atoms with Crippen LogP contribution in [0.3, 0.4) is 0 Å². The lowest BCUT2D eigenvalue weighted by Gasteiger charge is -2.20. The van der Waals surface area contributed by atoms with Crippen molar-refractivity contribution in [2.24, 2.45) is 5.92 Å². The van der Waals surface area contributed by atoms with Crippen molar-refractivity contribution in [1.29, 1.82) is 5.26 Å². The summed E-state index contributed by atoms with van der Waals surface area (Å²) in [5.74, 6) is -0.869. The van der Waals surface area contributed by atoms with Gasteiger partial charge in [-0.15, -0.1) is 0 Å². The van der Waals surface area contributed by atoms with Gasteiger partial charge in [0, 0.05) is 13.0 Å². The van der Waals surface area contributed by atoms with Gasteiger partial charge in [0.15, 0.2) is 5.78 Å². The van der Waals surface area contributed by atoms with Crippen molar-refractivity contribution >= 4 is 29.2 Å². The second kappa shape index (κ2) is 7.80. The van der Waals surface area contributed by atoms with E-state index in [-0.39, 0.29) is 47.4 Å². The average Bonchev–Trinajstić information content (AvgIpc) is 3.21. The topological polar surface area (TPSA) is 113 Å². The van der Waals surface area contributed by atoms with Crippen molar-refractivity contribution in [3.05, 3.63) is 40.6 Å². The molecule has 1 unspecified atom stereocenters. The van der Waals surface area contributed by atoms with Crippen LogP contribution in [-0.4, -0.2) is 31.3 Å². The molecule has 0 aliphatic carbocycles. The number of carbonyl (C=O) groups is 3. The Balaban J connectivity index is 1.82. The molecule has 1 saturated heterocycles. The number of aryl methyl sites for hydroxylation is 2. The number of ketones is 1. The fourth-order valence-corrected chi connectivity index (χ4v) is 3.50. The number of amides is 2. The quantitative estimate of drug-likeness (QED) is 0.779. The van der Waals surface area contributed by atoms with Gasteiger partial charge in [-0.05, 0) is 38.5 Å². The van der Waals surface area contributed by atoms with Gasteiger partial charge in [-0.2, -0.15) is 5.26 Å². The van der Waals surface area contributed by atoms with Crippen molar-refractivity contribution in [2.75, 3.05) is 23.9 Å². The maximum absolute atomic E-state index is 12.7. The van der Waals surface area contributed by atoms with E-state index in [0.717, 1.165) is 5.56 Å². The second-order valence-corrected chi connectivity index (χ2v) is 6.98. The molecule has 1 atom stereocenters. The number of hydrogen-bond donors (Lipinski definition) is 1. The highest BCUT2D eigenvalue weighted by Gasteiger charge is 2.37. The van der Waals surface area contributed by atoms with Crippen molar-refractivity contribution in [2.45, 2.75) is 27.2 Å². The SMILES string of the molecule is COc1ccc(C)cc1N1CC(C(=O)Nc2oc(C)c(C(C)=O)c2C#N)CC1=O. The highest BCUT2D eigenvalue weighted by molar-refractivity contribution is 6.05. The van der Waals surface area contributed by atoms with Crippen molar-refractivity contribution in [3.63, 3.8) is 0 Å². The Bertz CT molecular complexity index is 1050. The molecule has 8 heteroatoms. The number of benzene rings is 1. The third-order valence-corrected chi connectivity index (χ3v) is 4.91. The summed E-state index contributed by atoms with van der Waals surface area (Å²) >= 11 is 0. The third-order valence-electron chi connectivity index (χ3n) is 4.91. The molecule has 1 aromatic heterocycles. The number of nitrogens with one attached hydrogen (secondary N) is 1. The van der Waals surface area contributed by atoms with Gasteiger partial charge in [-0.3, -0.25) is 19.7 Å². The summed E-state index contributed by atoms with van der Waals surface area (Å²) in [6, 6.07) is 7.39. The summed E-state index contributed by atoms with van der Waals surface area (Å²) in [7, 11) is 1.52. The number of nitriles is 1. The van der Waals surface area contributed by atoms with Crippen molar-refractivity contribution in [3.8, 4) is 11.8 Å². The lowest BCUT2D eigenvalue weighted by molar-refractivity contribution is -0.122. The van der Waals surface area contributed by atoms with E-state index >= 15 is 0 Å². The smallest absolute Gasteiger partial charge is 0.232 e. The van der Waals surface area contributed by atoms with E-state index in [2.05, 4.69) is 5.32 Å². The Morgan fingerprint density at radius 3 is 2.69 bits per heavy atom. The summed E-state index contributed by atoms with van der Waals surface area (Å²) in [5.41, 5.74) is 1.71. The highest BCUT2D eigenvalue weighted by Crippen LogP contribution is 2.34. The van der Waals surface area contributed by atoms with Crippen LogP contribution in [0.15, 0.2) is 22.6 Å². The molecule has 2 aromatic rings. The number of ether oxygens (including phenoxy) is 1. The predicted molar refractivity (Wildman–Crippen MR) is 105 cm³/mol. The average molecular weight is 395 g/mol. The van der Waals surface area contributed by atoms with Crippen LogP contribution >= 0.6 is 0 Å². The zero-order chi connectivity index (χ0) is 21.3. The molecule has 1 fully saturated rings. The normalized spacial score (nSPS) is 15.9. The highest BCUT2D eigenvalue weighted by atomic mass is 16.5. The largest absolute Gasteiger partial charge is 0.495 e. The van der Waals surface area contributed by atoms with E-state index in [9.17, 15) is 19.6 Å². The molecule has 0 spiro atoms. The second-order valence-electron chi connectivity index (χ2n) is 6.98. The Morgan fingerprint density at radius 2 is 2.07 bits per heavy atom. The molecule has 2 amide bonds. The molecule has 1 aliphatic heterocycles. The molecular weight excluding hydrogens is 374 g/mol. The number of carbonyl (C=O) groups excluding carboxylic acids is 3. The lowest BCUT2D eigenvalue weighted by Crippen LogP contribution is -2.28. The van der Waals surface area contributed by atoms with Crippen molar-refractivity contribution in [1.82, 2.24) is 0 Å².